The van der Waals surface area contributed by atoms with Gasteiger partial charge in [-0.3, -0.25) is 19.7 Å². The van der Waals surface area contributed by atoms with Crippen molar-refractivity contribution in [2.24, 2.45) is 5.92 Å². The Labute approximate surface area is 130 Å². The first kappa shape index (κ1) is 16.5. The number of nitrogens with zero attached hydrogens (tertiary/aromatic N) is 2. The van der Waals surface area contributed by atoms with Gasteiger partial charge in [0, 0.05) is 32.1 Å². The Hall–Kier alpha value is -1.92. The molecule has 1 aromatic carbocycles. The summed E-state index contributed by atoms with van der Waals surface area (Å²) < 4.78 is 0. The number of hydroxylamine groups is 1. The Bertz CT molecular complexity index is 511. The summed E-state index contributed by atoms with van der Waals surface area (Å²) in [5.74, 6) is -0.324. The molecule has 1 aliphatic rings. The van der Waals surface area contributed by atoms with Gasteiger partial charge < -0.3 is 4.90 Å². The summed E-state index contributed by atoms with van der Waals surface area (Å²) in [4.78, 5) is 27.9. The van der Waals surface area contributed by atoms with Crippen LogP contribution >= 0.6 is 0 Å². The van der Waals surface area contributed by atoms with Gasteiger partial charge in [-0.2, -0.15) is 0 Å². The standard InChI is InChI=1S/C16H23N3O3/c1-12(2)16(21)19-10-8-18(9-11-19)14(15(20)17-22)13-6-4-3-5-7-13/h3-7,12,14,22H,8-11H2,1-2H3,(H,17,20). The zero-order chi connectivity index (χ0) is 16.1. The average Bonchev–Trinajstić information content (AvgIpc) is 2.55. The van der Waals surface area contributed by atoms with Crippen molar-refractivity contribution in [3.05, 3.63) is 35.9 Å². The molecule has 1 fully saturated rings. The fraction of sp³-hybridized carbons (Fsp3) is 0.500. The molecule has 0 aliphatic carbocycles. The zero-order valence-corrected chi connectivity index (χ0v) is 13.0. The van der Waals surface area contributed by atoms with Crippen LogP contribution in [-0.4, -0.2) is 53.0 Å². The van der Waals surface area contributed by atoms with Crippen LogP contribution in [0.4, 0.5) is 0 Å². The lowest BCUT2D eigenvalue weighted by Gasteiger charge is -2.39. The molecule has 22 heavy (non-hydrogen) atoms. The van der Waals surface area contributed by atoms with Crippen LogP contribution in [0.3, 0.4) is 0 Å². The highest BCUT2D eigenvalue weighted by Crippen LogP contribution is 2.22. The molecule has 1 aromatic rings. The molecule has 0 saturated carbocycles. The summed E-state index contributed by atoms with van der Waals surface area (Å²) in [7, 11) is 0. The summed E-state index contributed by atoms with van der Waals surface area (Å²) >= 11 is 0. The SMILES string of the molecule is CC(C)C(=O)N1CCN(C(C(=O)NO)c2ccccc2)CC1. The summed E-state index contributed by atoms with van der Waals surface area (Å²) in [6.07, 6.45) is 0. The number of carbonyl (C=O) groups is 2. The number of benzene rings is 1. The molecule has 1 heterocycles. The maximum atomic E-state index is 12.1. The van der Waals surface area contributed by atoms with Crippen molar-refractivity contribution in [1.82, 2.24) is 15.3 Å². The number of piperazine rings is 1. The minimum absolute atomic E-state index is 0.0165. The number of rotatable bonds is 4. The molecule has 0 spiro atoms. The van der Waals surface area contributed by atoms with E-state index >= 15 is 0 Å². The van der Waals surface area contributed by atoms with Crippen molar-refractivity contribution in [2.75, 3.05) is 26.2 Å². The van der Waals surface area contributed by atoms with E-state index in [1.54, 1.807) is 5.48 Å². The van der Waals surface area contributed by atoms with Gasteiger partial charge in [0.25, 0.3) is 5.91 Å². The van der Waals surface area contributed by atoms with E-state index in [1.807, 2.05) is 54.0 Å². The van der Waals surface area contributed by atoms with E-state index < -0.39 is 11.9 Å². The van der Waals surface area contributed by atoms with E-state index in [-0.39, 0.29) is 11.8 Å². The van der Waals surface area contributed by atoms with E-state index in [0.717, 1.165) is 5.56 Å². The third-order valence-corrected chi connectivity index (χ3v) is 3.96. The van der Waals surface area contributed by atoms with Crippen LogP contribution in [0.25, 0.3) is 0 Å². The van der Waals surface area contributed by atoms with Gasteiger partial charge in [-0.05, 0) is 5.56 Å². The molecular weight excluding hydrogens is 282 g/mol. The molecule has 2 N–H and O–H groups in total. The third kappa shape index (κ3) is 3.64. The largest absolute Gasteiger partial charge is 0.340 e. The smallest absolute Gasteiger partial charge is 0.265 e. The van der Waals surface area contributed by atoms with Crippen molar-refractivity contribution in [2.45, 2.75) is 19.9 Å². The second kappa shape index (κ2) is 7.38. The molecule has 1 aliphatic heterocycles. The average molecular weight is 305 g/mol. The van der Waals surface area contributed by atoms with Gasteiger partial charge in [-0.25, -0.2) is 5.48 Å². The predicted octanol–water partition coefficient (Wildman–Crippen LogP) is 1.03. The molecule has 6 heteroatoms. The maximum Gasteiger partial charge on any atom is 0.265 e. The zero-order valence-electron chi connectivity index (χ0n) is 13.0. The van der Waals surface area contributed by atoms with Gasteiger partial charge in [0.15, 0.2) is 0 Å². The monoisotopic (exact) mass is 305 g/mol. The van der Waals surface area contributed by atoms with Crippen LogP contribution in [0.15, 0.2) is 30.3 Å². The Morgan fingerprint density at radius 2 is 1.68 bits per heavy atom. The van der Waals surface area contributed by atoms with Crippen molar-refractivity contribution >= 4 is 11.8 Å². The first-order valence-corrected chi connectivity index (χ1v) is 7.56. The molecular formula is C16H23N3O3. The molecule has 1 saturated heterocycles. The molecule has 0 aromatic heterocycles. The number of carbonyl (C=O) groups excluding carboxylic acids is 2. The van der Waals surface area contributed by atoms with Gasteiger partial charge in [0.1, 0.15) is 6.04 Å². The highest BCUT2D eigenvalue weighted by molar-refractivity contribution is 5.82. The van der Waals surface area contributed by atoms with E-state index in [4.69, 9.17) is 5.21 Å². The van der Waals surface area contributed by atoms with Crippen LogP contribution in [0.1, 0.15) is 25.5 Å². The van der Waals surface area contributed by atoms with Crippen LogP contribution < -0.4 is 5.48 Å². The molecule has 6 nitrogen and oxygen atoms in total. The van der Waals surface area contributed by atoms with Gasteiger partial charge in [0.05, 0.1) is 0 Å². The molecule has 0 radical (unpaired) electrons. The van der Waals surface area contributed by atoms with Gasteiger partial charge in [-0.15, -0.1) is 0 Å². The van der Waals surface area contributed by atoms with Crippen LogP contribution in [0, 0.1) is 5.92 Å². The lowest BCUT2D eigenvalue weighted by molar-refractivity contribution is -0.139. The fourth-order valence-electron chi connectivity index (χ4n) is 2.79. The number of hydrogen-bond acceptors (Lipinski definition) is 4. The molecule has 2 rings (SSSR count). The van der Waals surface area contributed by atoms with Gasteiger partial charge in [0.2, 0.25) is 5.91 Å². The number of hydrogen-bond donors (Lipinski definition) is 2. The fourth-order valence-corrected chi connectivity index (χ4v) is 2.79. The Morgan fingerprint density at radius 1 is 1.09 bits per heavy atom. The number of nitrogens with one attached hydrogen (secondary N) is 1. The Kier molecular flexibility index (Phi) is 5.51. The highest BCUT2D eigenvalue weighted by Gasteiger charge is 2.31. The van der Waals surface area contributed by atoms with Crippen LogP contribution in [-0.2, 0) is 9.59 Å². The summed E-state index contributed by atoms with van der Waals surface area (Å²) in [5, 5.41) is 9.02. The predicted molar refractivity (Wildman–Crippen MR) is 82.1 cm³/mol. The minimum atomic E-state index is -0.539. The van der Waals surface area contributed by atoms with E-state index in [0.29, 0.717) is 26.2 Å². The van der Waals surface area contributed by atoms with Gasteiger partial charge >= 0.3 is 0 Å². The summed E-state index contributed by atoms with van der Waals surface area (Å²) in [6.45, 7) is 6.18. The second-order valence-electron chi connectivity index (χ2n) is 5.81. The summed E-state index contributed by atoms with van der Waals surface area (Å²) in [5.41, 5.74) is 2.58. The Morgan fingerprint density at radius 3 is 2.18 bits per heavy atom. The summed E-state index contributed by atoms with van der Waals surface area (Å²) in [6, 6.07) is 8.81. The van der Waals surface area contributed by atoms with E-state index in [1.165, 1.54) is 0 Å². The van der Waals surface area contributed by atoms with Crippen molar-refractivity contribution in [1.29, 1.82) is 0 Å². The molecule has 2 amide bonds. The lowest BCUT2D eigenvalue weighted by Crippen LogP contribution is -2.52. The van der Waals surface area contributed by atoms with Gasteiger partial charge in [-0.1, -0.05) is 44.2 Å². The maximum absolute atomic E-state index is 12.1. The quantitative estimate of drug-likeness (QED) is 0.644. The van der Waals surface area contributed by atoms with Crippen molar-refractivity contribution in [3.63, 3.8) is 0 Å². The molecule has 1 atom stereocenters. The minimum Gasteiger partial charge on any atom is -0.340 e. The second-order valence-corrected chi connectivity index (χ2v) is 5.81. The first-order valence-electron chi connectivity index (χ1n) is 7.56. The normalized spacial score (nSPS) is 17.4. The third-order valence-electron chi connectivity index (χ3n) is 3.96. The molecule has 0 bridgehead atoms. The van der Waals surface area contributed by atoms with Crippen molar-refractivity contribution < 1.29 is 14.8 Å². The van der Waals surface area contributed by atoms with Crippen LogP contribution in [0.2, 0.25) is 0 Å². The van der Waals surface area contributed by atoms with Crippen LogP contribution in [0.5, 0.6) is 0 Å². The Balaban J connectivity index is 2.09. The molecule has 120 valence electrons. The molecule has 1 unspecified atom stereocenters. The highest BCUT2D eigenvalue weighted by atomic mass is 16.5. The van der Waals surface area contributed by atoms with E-state index in [2.05, 4.69) is 0 Å². The lowest BCUT2D eigenvalue weighted by atomic mass is 10.0. The topological polar surface area (TPSA) is 72.9 Å². The first-order chi connectivity index (χ1) is 10.5. The van der Waals surface area contributed by atoms with Crippen molar-refractivity contribution in [3.8, 4) is 0 Å². The number of amides is 2. The van der Waals surface area contributed by atoms with E-state index in [9.17, 15) is 9.59 Å².